The maximum Gasteiger partial charge on any atom is 0.250 e. The summed E-state index contributed by atoms with van der Waals surface area (Å²) in [5, 5.41) is 3.17. The summed E-state index contributed by atoms with van der Waals surface area (Å²) in [4.78, 5) is 23.7. The van der Waals surface area contributed by atoms with Gasteiger partial charge in [-0.05, 0) is 56.4 Å². The van der Waals surface area contributed by atoms with E-state index in [1.165, 1.54) is 5.56 Å². The number of hydrogen-bond donors (Lipinski definition) is 1. The molecule has 2 rings (SSSR count). The Hall–Kier alpha value is -1.90. The Kier molecular flexibility index (Phi) is 3.80. The van der Waals surface area contributed by atoms with Gasteiger partial charge in [0.15, 0.2) is 0 Å². The summed E-state index contributed by atoms with van der Waals surface area (Å²) in [5.41, 5.74) is 4.51. The van der Waals surface area contributed by atoms with Gasteiger partial charge in [-0.1, -0.05) is 19.1 Å². The molecule has 2 aromatic carbocycles. The van der Waals surface area contributed by atoms with Gasteiger partial charge < -0.3 is 5.32 Å². The summed E-state index contributed by atoms with van der Waals surface area (Å²) >= 11 is 0. The van der Waals surface area contributed by atoms with E-state index in [1.54, 1.807) is 0 Å². The lowest BCUT2D eigenvalue weighted by Crippen LogP contribution is -2.38. The van der Waals surface area contributed by atoms with Crippen molar-refractivity contribution in [2.24, 2.45) is 0 Å². The highest BCUT2D eigenvalue weighted by molar-refractivity contribution is 5.84. The van der Waals surface area contributed by atoms with E-state index in [9.17, 15) is 9.59 Å². The van der Waals surface area contributed by atoms with Crippen LogP contribution < -0.4 is 16.2 Å². The van der Waals surface area contributed by atoms with Gasteiger partial charge in [0.1, 0.15) is 0 Å². The van der Waals surface area contributed by atoms with E-state index in [-0.39, 0.29) is 11.5 Å². The first-order chi connectivity index (χ1) is 9.36. The smallest absolute Gasteiger partial charge is 0.250 e. The minimum atomic E-state index is -0.391. The van der Waals surface area contributed by atoms with E-state index >= 15 is 0 Å². The van der Waals surface area contributed by atoms with Crippen molar-refractivity contribution in [2.45, 2.75) is 47.1 Å². The zero-order chi connectivity index (χ0) is 15.0. The molecule has 0 amide bonds. The molecule has 0 aliphatic rings. The second-order valence-electron chi connectivity index (χ2n) is 5.61. The van der Waals surface area contributed by atoms with E-state index in [0.29, 0.717) is 11.3 Å². The summed E-state index contributed by atoms with van der Waals surface area (Å²) in [5.74, 6) is 0. The summed E-state index contributed by atoms with van der Waals surface area (Å²) in [6.45, 7) is 10.1. The molecule has 3 nitrogen and oxygen atoms in total. The molecule has 0 radical (unpaired) electrons. The molecule has 0 heterocycles. The number of rotatable bonds is 4. The van der Waals surface area contributed by atoms with E-state index in [1.807, 2.05) is 40.7 Å². The fourth-order valence-electron chi connectivity index (χ4n) is 2.36. The van der Waals surface area contributed by atoms with Crippen molar-refractivity contribution in [3.8, 4) is 11.1 Å². The molecule has 1 N–H and O–H groups in total. The summed E-state index contributed by atoms with van der Waals surface area (Å²) in [6, 6.07) is 4.25. The normalized spacial score (nSPS) is 12.7. The Bertz CT molecular complexity index is 721. The van der Waals surface area contributed by atoms with Crippen LogP contribution in [-0.4, -0.2) is 6.04 Å². The highest BCUT2D eigenvalue weighted by atomic mass is 16.2. The molecule has 1 unspecified atom stereocenters. The van der Waals surface area contributed by atoms with Crippen LogP contribution in [0, 0.1) is 20.8 Å². The van der Waals surface area contributed by atoms with E-state index in [0.717, 1.165) is 23.1 Å². The SMILES string of the molecule is CCC(C)Nc1c(-c2cc(C)c(C)cc2C)c(=O)c1=O. The maximum absolute atomic E-state index is 11.9. The zero-order valence-electron chi connectivity index (χ0n) is 12.8. The first kappa shape index (κ1) is 14.5. The van der Waals surface area contributed by atoms with Gasteiger partial charge in [0.05, 0.1) is 11.3 Å². The lowest BCUT2D eigenvalue weighted by atomic mass is 9.91. The third kappa shape index (κ3) is 2.28. The number of anilines is 1. The van der Waals surface area contributed by atoms with Gasteiger partial charge >= 0.3 is 0 Å². The third-order valence-corrected chi connectivity index (χ3v) is 4.02. The van der Waals surface area contributed by atoms with Gasteiger partial charge in [-0.15, -0.1) is 0 Å². The summed E-state index contributed by atoms with van der Waals surface area (Å²) in [6.07, 6.45) is 0.907. The van der Waals surface area contributed by atoms with Crippen molar-refractivity contribution in [1.82, 2.24) is 0 Å². The molecule has 106 valence electrons. The van der Waals surface area contributed by atoms with Crippen molar-refractivity contribution < 1.29 is 0 Å². The predicted octanol–water partition coefficient (Wildman–Crippen LogP) is 3.09. The predicted molar refractivity (Wildman–Crippen MR) is 84.4 cm³/mol. The average Bonchev–Trinajstić information content (AvgIpc) is 2.42. The lowest BCUT2D eigenvalue weighted by Gasteiger charge is -2.19. The summed E-state index contributed by atoms with van der Waals surface area (Å²) in [7, 11) is 0. The molecule has 0 fully saturated rings. The third-order valence-electron chi connectivity index (χ3n) is 4.02. The van der Waals surface area contributed by atoms with Crippen molar-refractivity contribution in [2.75, 3.05) is 5.32 Å². The number of aryl methyl sites for hydroxylation is 3. The largest absolute Gasteiger partial charge is 0.379 e. The van der Waals surface area contributed by atoms with Gasteiger partial charge in [-0.25, -0.2) is 0 Å². The standard InChI is InChI=1S/C17H21NO2/c1-6-12(5)18-15-14(16(19)17(15)20)13-8-10(3)9(2)7-11(13)4/h7-8,12,18H,6H2,1-5H3. The monoisotopic (exact) mass is 271 g/mol. The molecule has 2 aromatic rings. The first-order valence-electron chi connectivity index (χ1n) is 7.04. The second kappa shape index (κ2) is 5.23. The van der Waals surface area contributed by atoms with Crippen molar-refractivity contribution in [3.05, 3.63) is 49.3 Å². The second-order valence-corrected chi connectivity index (χ2v) is 5.61. The molecule has 20 heavy (non-hydrogen) atoms. The number of nitrogens with one attached hydrogen (secondary N) is 1. The van der Waals surface area contributed by atoms with E-state index in [2.05, 4.69) is 11.4 Å². The van der Waals surface area contributed by atoms with Gasteiger partial charge in [-0.2, -0.15) is 0 Å². The van der Waals surface area contributed by atoms with Crippen LogP contribution in [0.2, 0.25) is 0 Å². The van der Waals surface area contributed by atoms with Gasteiger partial charge in [0.2, 0.25) is 10.9 Å². The van der Waals surface area contributed by atoms with Crippen LogP contribution in [0.1, 0.15) is 37.0 Å². The van der Waals surface area contributed by atoms with E-state index < -0.39 is 5.43 Å². The first-order valence-corrected chi connectivity index (χ1v) is 7.04. The molecular formula is C17H21NO2. The van der Waals surface area contributed by atoms with Crippen molar-refractivity contribution in [1.29, 1.82) is 0 Å². The Morgan fingerprint density at radius 1 is 1.00 bits per heavy atom. The van der Waals surface area contributed by atoms with Crippen LogP contribution in [0.25, 0.3) is 11.1 Å². The van der Waals surface area contributed by atoms with Gasteiger partial charge in [0.25, 0.3) is 0 Å². The Balaban J connectivity index is 2.55. The molecule has 0 spiro atoms. The molecule has 0 bridgehead atoms. The van der Waals surface area contributed by atoms with Crippen molar-refractivity contribution >= 4 is 5.69 Å². The van der Waals surface area contributed by atoms with Crippen molar-refractivity contribution in [3.63, 3.8) is 0 Å². The highest BCUT2D eigenvalue weighted by Crippen LogP contribution is 2.29. The molecule has 3 heteroatoms. The fraction of sp³-hybridized carbons (Fsp3) is 0.412. The van der Waals surface area contributed by atoms with E-state index in [4.69, 9.17) is 0 Å². The summed E-state index contributed by atoms with van der Waals surface area (Å²) < 4.78 is 0. The van der Waals surface area contributed by atoms with Crippen LogP contribution in [-0.2, 0) is 0 Å². The van der Waals surface area contributed by atoms with Crippen LogP contribution in [0.5, 0.6) is 0 Å². The Labute approximate surface area is 119 Å². The molecular weight excluding hydrogens is 250 g/mol. The lowest BCUT2D eigenvalue weighted by molar-refractivity contribution is 0.762. The molecule has 0 saturated heterocycles. The molecule has 0 aliphatic carbocycles. The minimum absolute atomic E-state index is 0.184. The Morgan fingerprint density at radius 3 is 2.20 bits per heavy atom. The highest BCUT2D eigenvalue weighted by Gasteiger charge is 2.24. The fourth-order valence-corrected chi connectivity index (χ4v) is 2.36. The average molecular weight is 271 g/mol. The molecule has 0 saturated carbocycles. The topological polar surface area (TPSA) is 46.2 Å². The van der Waals surface area contributed by atoms with Crippen LogP contribution in [0.15, 0.2) is 21.7 Å². The Morgan fingerprint density at radius 2 is 1.60 bits per heavy atom. The maximum atomic E-state index is 11.9. The van der Waals surface area contributed by atoms with Crippen LogP contribution in [0.4, 0.5) is 5.69 Å². The molecule has 0 aliphatic heterocycles. The van der Waals surface area contributed by atoms with Gasteiger partial charge in [0, 0.05) is 6.04 Å². The minimum Gasteiger partial charge on any atom is -0.379 e. The molecule has 0 aromatic heterocycles. The zero-order valence-corrected chi connectivity index (χ0v) is 12.8. The van der Waals surface area contributed by atoms with Crippen LogP contribution in [0.3, 0.4) is 0 Å². The van der Waals surface area contributed by atoms with Crippen LogP contribution >= 0.6 is 0 Å². The number of benzene rings is 1. The molecule has 1 atom stereocenters. The number of hydrogen-bond acceptors (Lipinski definition) is 3. The quantitative estimate of drug-likeness (QED) is 0.869. The van der Waals surface area contributed by atoms with Gasteiger partial charge in [-0.3, -0.25) is 9.59 Å².